The predicted octanol–water partition coefficient (Wildman–Crippen LogP) is 1.36. The van der Waals surface area contributed by atoms with Crippen molar-refractivity contribution in [2.75, 3.05) is 11.9 Å². The number of benzene rings is 2. The van der Waals surface area contributed by atoms with Crippen LogP contribution in [-0.4, -0.2) is 35.5 Å². The maximum Gasteiger partial charge on any atom is 0.313 e. The highest BCUT2D eigenvalue weighted by atomic mass is 16.3. The minimum atomic E-state index is -0.908. The second-order valence-electron chi connectivity index (χ2n) is 6.23. The highest BCUT2D eigenvalue weighted by Crippen LogP contribution is 2.15. The number of hydrogen-bond donors (Lipinski definition) is 4. The van der Waals surface area contributed by atoms with Crippen LogP contribution >= 0.6 is 0 Å². The molecular formula is C20H23N3O4. The molecule has 0 saturated carbocycles. The summed E-state index contributed by atoms with van der Waals surface area (Å²) in [6, 6.07) is 14.2. The van der Waals surface area contributed by atoms with Gasteiger partial charge >= 0.3 is 11.8 Å². The van der Waals surface area contributed by atoms with E-state index in [1.807, 2.05) is 31.2 Å². The monoisotopic (exact) mass is 369 g/mol. The maximum atomic E-state index is 12.5. The first-order valence-corrected chi connectivity index (χ1v) is 8.57. The summed E-state index contributed by atoms with van der Waals surface area (Å²) in [6.45, 7) is 3.78. The lowest BCUT2D eigenvalue weighted by Crippen LogP contribution is -2.39. The number of rotatable bonds is 6. The number of carbonyl (C=O) groups excluding carboxylic acids is 3. The van der Waals surface area contributed by atoms with E-state index in [0.717, 1.165) is 11.1 Å². The Labute approximate surface area is 157 Å². The molecule has 0 fully saturated rings. The zero-order chi connectivity index (χ0) is 19.8. The highest BCUT2D eigenvalue weighted by molar-refractivity contribution is 6.40. The molecule has 0 bridgehead atoms. The summed E-state index contributed by atoms with van der Waals surface area (Å²) in [6.07, 6.45) is -0.762. The molecule has 0 radical (unpaired) electrons. The lowest BCUT2D eigenvalue weighted by atomic mass is 10.1. The summed E-state index contributed by atoms with van der Waals surface area (Å²) < 4.78 is 0. The van der Waals surface area contributed by atoms with Gasteiger partial charge in [-0.05, 0) is 31.5 Å². The van der Waals surface area contributed by atoms with Crippen molar-refractivity contribution >= 4 is 23.4 Å². The third-order valence-corrected chi connectivity index (χ3v) is 3.76. The minimum Gasteiger partial charge on any atom is -0.392 e. The van der Waals surface area contributed by atoms with E-state index in [4.69, 9.17) is 5.11 Å². The molecule has 0 aliphatic heterocycles. The third kappa shape index (κ3) is 6.23. The largest absolute Gasteiger partial charge is 0.392 e. The standard InChI is InChI=1S/C20H23N3O4/c1-13-7-9-15(10-8-13)12-22-18(25)16-5-3-4-6-17(16)23-20(27)19(26)21-11-14(2)24/h3-10,14,24H,11-12H2,1-2H3,(H,21,26)(H,22,25)(H,23,27)/t14-/m0/s1. The van der Waals surface area contributed by atoms with Crippen LogP contribution in [0, 0.1) is 6.92 Å². The Morgan fingerprint density at radius 2 is 1.63 bits per heavy atom. The van der Waals surface area contributed by atoms with Crippen LogP contribution in [0.1, 0.15) is 28.4 Å². The lowest BCUT2D eigenvalue weighted by Gasteiger charge is -2.12. The Bertz CT molecular complexity index is 816. The highest BCUT2D eigenvalue weighted by Gasteiger charge is 2.18. The Balaban J connectivity index is 2.01. The molecule has 4 N–H and O–H groups in total. The maximum absolute atomic E-state index is 12.5. The van der Waals surface area contributed by atoms with Crippen molar-refractivity contribution in [3.8, 4) is 0 Å². The molecule has 2 aromatic rings. The van der Waals surface area contributed by atoms with Crippen LogP contribution in [0.15, 0.2) is 48.5 Å². The Morgan fingerprint density at radius 3 is 2.30 bits per heavy atom. The van der Waals surface area contributed by atoms with Crippen molar-refractivity contribution in [3.63, 3.8) is 0 Å². The predicted molar refractivity (Wildman–Crippen MR) is 102 cm³/mol. The van der Waals surface area contributed by atoms with Crippen molar-refractivity contribution in [2.24, 2.45) is 0 Å². The van der Waals surface area contributed by atoms with Gasteiger partial charge in [0.1, 0.15) is 0 Å². The quantitative estimate of drug-likeness (QED) is 0.577. The summed E-state index contributed by atoms with van der Waals surface area (Å²) in [4.78, 5) is 36.2. The molecule has 0 saturated heterocycles. The summed E-state index contributed by atoms with van der Waals surface area (Å²) in [5.74, 6) is -2.16. The second-order valence-corrected chi connectivity index (χ2v) is 6.23. The third-order valence-electron chi connectivity index (χ3n) is 3.76. The fourth-order valence-electron chi connectivity index (χ4n) is 2.27. The van der Waals surface area contributed by atoms with Gasteiger partial charge in [0.15, 0.2) is 0 Å². The Morgan fingerprint density at radius 1 is 0.963 bits per heavy atom. The number of aliphatic hydroxyl groups is 1. The van der Waals surface area contributed by atoms with Crippen molar-refractivity contribution in [1.29, 1.82) is 0 Å². The van der Waals surface area contributed by atoms with Gasteiger partial charge in [-0.25, -0.2) is 0 Å². The van der Waals surface area contributed by atoms with Crippen molar-refractivity contribution < 1.29 is 19.5 Å². The zero-order valence-corrected chi connectivity index (χ0v) is 15.3. The SMILES string of the molecule is Cc1ccc(CNC(=O)c2ccccc2NC(=O)C(=O)NC[C@H](C)O)cc1. The first-order valence-electron chi connectivity index (χ1n) is 8.57. The number of amides is 3. The first-order chi connectivity index (χ1) is 12.9. The molecule has 27 heavy (non-hydrogen) atoms. The number of nitrogens with one attached hydrogen (secondary N) is 3. The number of para-hydroxylation sites is 1. The van der Waals surface area contributed by atoms with Gasteiger partial charge in [0.2, 0.25) is 0 Å². The number of aryl methyl sites for hydroxylation is 1. The van der Waals surface area contributed by atoms with Crippen LogP contribution in [0.3, 0.4) is 0 Å². The van der Waals surface area contributed by atoms with Crippen LogP contribution < -0.4 is 16.0 Å². The van der Waals surface area contributed by atoms with Crippen LogP contribution in [0.2, 0.25) is 0 Å². The summed E-state index contributed by atoms with van der Waals surface area (Å²) >= 11 is 0. The van der Waals surface area contributed by atoms with Crippen LogP contribution in [0.5, 0.6) is 0 Å². The van der Waals surface area contributed by atoms with E-state index in [1.165, 1.54) is 6.92 Å². The normalized spacial score (nSPS) is 11.4. The number of carbonyl (C=O) groups is 3. The molecule has 142 valence electrons. The van der Waals surface area contributed by atoms with Gasteiger partial charge in [-0.1, -0.05) is 42.0 Å². The molecule has 0 heterocycles. The van der Waals surface area contributed by atoms with Crippen LogP contribution in [-0.2, 0) is 16.1 Å². The van der Waals surface area contributed by atoms with E-state index >= 15 is 0 Å². The van der Waals surface area contributed by atoms with E-state index in [2.05, 4.69) is 16.0 Å². The van der Waals surface area contributed by atoms with Crippen molar-refractivity contribution in [2.45, 2.75) is 26.5 Å². The van der Waals surface area contributed by atoms with Crippen molar-refractivity contribution in [3.05, 3.63) is 65.2 Å². The fourth-order valence-corrected chi connectivity index (χ4v) is 2.27. The van der Waals surface area contributed by atoms with Crippen LogP contribution in [0.4, 0.5) is 5.69 Å². The average molecular weight is 369 g/mol. The molecule has 0 spiro atoms. The molecule has 0 aromatic heterocycles. The molecule has 7 heteroatoms. The van der Waals surface area contributed by atoms with Gasteiger partial charge in [0.25, 0.3) is 5.91 Å². The number of hydrogen-bond acceptors (Lipinski definition) is 4. The molecular weight excluding hydrogens is 346 g/mol. The number of anilines is 1. The minimum absolute atomic E-state index is 0.0368. The van der Waals surface area contributed by atoms with Gasteiger partial charge in [-0.3, -0.25) is 14.4 Å². The fraction of sp³-hybridized carbons (Fsp3) is 0.250. The molecule has 2 aromatic carbocycles. The molecule has 0 aliphatic rings. The van der Waals surface area contributed by atoms with Gasteiger partial charge < -0.3 is 21.1 Å². The molecule has 3 amide bonds. The van der Waals surface area contributed by atoms with E-state index in [0.29, 0.717) is 6.54 Å². The molecule has 1 atom stereocenters. The Hall–Kier alpha value is -3.19. The van der Waals surface area contributed by atoms with E-state index < -0.39 is 17.9 Å². The Kier molecular flexibility index (Phi) is 7.08. The smallest absolute Gasteiger partial charge is 0.313 e. The van der Waals surface area contributed by atoms with Crippen LogP contribution in [0.25, 0.3) is 0 Å². The van der Waals surface area contributed by atoms with Gasteiger partial charge in [-0.15, -0.1) is 0 Å². The molecule has 2 rings (SSSR count). The van der Waals surface area contributed by atoms with Crippen molar-refractivity contribution in [1.82, 2.24) is 10.6 Å². The summed E-state index contributed by atoms with van der Waals surface area (Å²) in [5, 5.41) is 16.7. The second kappa shape index (κ2) is 9.49. The summed E-state index contributed by atoms with van der Waals surface area (Å²) in [5.41, 5.74) is 2.57. The first kappa shape index (κ1) is 20.1. The summed E-state index contributed by atoms with van der Waals surface area (Å²) in [7, 11) is 0. The lowest BCUT2D eigenvalue weighted by molar-refractivity contribution is -0.136. The van der Waals surface area contributed by atoms with Gasteiger partial charge in [0, 0.05) is 13.1 Å². The molecule has 0 aliphatic carbocycles. The van der Waals surface area contributed by atoms with E-state index in [9.17, 15) is 14.4 Å². The molecule has 7 nitrogen and oxygen atoms in total. The van der Waals surface area contributed by atoms with E-state index in [1.54, 1.807) is 24.3 Å². The zero-order valence-electron chi connectivity index (χ0n) is 15.3. The van der Waals surface area contributed by atoms with Gasteiger partial charge in [-0.2, -0.15) is 0 Å². The topological polar surface area (TPSA) is 108 Å². The van der Waals surface area contributed by atoms with Gasteiger partial charge in [0.05, 0.1) is 17.4 Å². The molecule has 0 unspecified atom stereocenters. The number of aliphatic hydroxyl groups excluding tert-OH is 1. The van der Waals surface area contributed by atoms with E-state index in [-0.39, 0.29) is 23.7 Å². The average Bonchev–Trinajstić information content (AvgIpc) is 2.65.